The quantitative estimate of drug-likeness (QED) is 0.721. The van der Waals surface area contributed by atoms with Crippen molar-refractivity contribution < 1.29 is 4.79 Å². The van der Waals surface area contributed by atoms with Crippen LogP contribution in [-0.4, -0.2) is 12.8 Å². The number of nitrogens with zero attached hydrogens (tertiary/aromatic N) is 1. The molecule has 1 aliphatic heterocycles. The van der Waals surface area contributed by atoms with Gasteiger partial charge in [0.1, 0.15) is 6.29 Å². The highest BCUT2D eigenvalue weighted by molar-refractivity contribution is 5.76. The van der Waals surface area contributed by atoms with Crippen molar-refractivity contribution in [3.63, 3.8) is 0 Å². The van der Waals surface area contributed by atoms with Crippen LogP contribution in [0.15, 0.2) is 47.7 Å². The second kappa shape index (κ2) is 4.21. The highest BCUT2D eigenvalue weighted by atomic mass is 16.1. The van der Waals surface area contributed by atoms with Gasteiger partial charge in [0.15, 0.2) is 0 Å². The number of carbonyl (C=O) groups is 1. The fraction of sp³-hybridized carbons (Fsp3) is 0.267. The number of hydrogen-bond donors (Lipinski definition) is 0. The monoisotopic (exact) mass is 225 g/mol. The lowest BCUT2D eigenvalue weighted by Crippen LogP contribution is -2.12. The average Bonchev–Trinajstić information content (AvgIpc) is 2.97. The van der Waals surface area contributed by atoms with E-state index in [0.717, 1.165) is 37.7 Å². The lowest BCUT2D eigenvalue weighted by molar-refractivity contribution is -0.105. The molecule has 0 aromatic heterocycles. The van der Waals surface area contributed by atoms with Gasteiger partial charge >= 0.3 is 0 Å². The molecule has 86 valence electrons. The van der Waals surface area contributed by atoms with E-state index in [1.165, 1.54) is 16.8 Å². The first-order valence-corrected chi connectivity index (χ1v) is 6.08. The number of fused-ring (bicyclic) bond motifs is 1. The van der Waals surface area contributed by atoms with Gasteiger partial charge in [-0.25, -0.2) is 0 Å². The van der Waals surface area contributed by atoms with Gasteiger partial charge in [0.2, 0.25) is 0 Å². The first-order valence-electron chi connectivity index (χ1n) is 6.08. The van der Waals surface area contributed by atoms with Gasteiger partial charge in [0.25, 0.3) is 0 Å². The number of carbonyl (C=O) groups excluding carboxylic acids is 1. The number of hydrogen-bond acceptors (Lipinski definition) is 2. The summed E-state index contributed by atoms with van der Waals surface area (Å²) >= 11 is 0. The zero-order chi connectivity index (χ0) is 11.7. The number of allylic oxidation sites excluding steroid dienone is 3. The Morgan fingerprint density at radius 1 is 1.12 bits per heavy atom. The Labute approximate surface area is 101 Å². The van der Waals surface area contributed by atoms with Crippen molar-refractivity contribution in [3.05, 3.63) is 53.3 Å². The van der Waals surface area contributed by atoms with Crippen LogP contribution in [0, 0.1) is 0 Å². The van der Waals surface area contributed by atoms with Crippen molar-refractivity contribution in [2.24, 2.45) is 0 Å². The van der Waals surface area contributed by atoms with E-state index in [0.29, 0.717) is 0 Å². The van der Waals surface area contributed by atoms with Gasteiger partial charge in [-0.2, -0.15) is 0 Å². The molecule has 3 rings (SSSR count). The molecule has 0 bridgehead atoms. The molecule has 0 spiro atoms. The van der Waals surface area contributed by atoms with Crippen LogP contribution in [0.1, 0.15) is 18.4 Å². The largest absolute Gasteiger partial charge is 0.347 e. The van der Waals surface area contributed by atoms with E-state index in [2.05, 4.69) is 35.4 Å². The molecule has 0 unspecified atom stereocenters. The van der Waals surface area contributed by atoms with Crippen molar-refractivity contribution >= 4 is 12.0 Å². The summed E-state index contributed by atoms with van der Waals surface area (Å²) in [5.41, 5.74) is 4.92. The highest BCUT2D eigenvalue weighted by Gasteiger charge is 2.17. The summed E-state index contributed by atoms with van der Waals surface area (Å²) in [5.74, 6) is 0. The van der Waals surface area contributed by atoms with Crippen LogP contribution in [0.25, 0.3) is 0 Å². The zero-order valence-electron chi connectivity index (χ0n) is 9.73. The molecule has 2 aliphatic rings. The molecule has 1 heterocycles. The van der Waals surface area contributed by atoms with E-state index in [1.54, 1.807) is 0 Å². The standard InChI is InChI=1S/C15H15NO/c17-11-13-6-5-12(9-13)10-16-8-7-14-3-1-2-4-15(14)16/h1-4,9-11H,5-8H2/b12-10+. The van der Waals surface area contributed by atoms with E-state index in [1.807, 2.05) is 6.08 Å². The molecule has 1 aromatic rings. The summed E-state index contributed by atoms with van der Waals surface area (Å²) in [5, 5.41) is 0. The lowest BCUT2D eigenvalue weighted by atomic mass is 10.2. The maximum Gasteiger partial charge on any atom is 0.146 e. The Kier molecular flexibility index (Phi) is 2.56. The Morgan fingerprint density at radius 3 is 2.82 bits per heavy atom. The number of benzene rings is 1. The molecule has 0 atom stereocenters. The maximum absolute atomic E-state index is 10.7. The summed E-state index contributed by atoms with van der Waals surface area (Å²) in [6.07, 6.45) is 8.19. The highest BCUT2D eigenvalue weighted by Crippen LogP contribution is 2.30. The molecule has 0 radical (unpaired) electrons. The molecule has 1 aromatic carbocycles. The summed E-state index contributed by atoms with van der Waals surface area (Å²) in [4.78, 5) is 13.0. The fourth-order valence-electron chi connectivity index (χ4n) is 2.56. The molecule has 1 aliphatic carbocycles. The second-order valence-electron chi connectivity index (χ2n) is 4.61. The average molecular weight is 225 g/mol. The fourth-order valence-corrected chi connectivity index (χ4v) is 2.56. The first kappa shape index (κ1) is 10.3. The van der Waals surface area contributed by atoms with Crippen molar-refractivity contribution in [2.75, 3.05) is 11.4 Å². The zero-order valence-corrected chi connectivity index (χ0v) is 9.73. The van der Waals surface area contributed by atoms with Gasteiger partial charge < -0.3 is 4.90 Å². The molecule has 0 amide bonds. The van der Waals surface area contributed by atoms with E-state index < -0.39 is 0 Å². The van der Waals surface area contributed by atoms with Crippen LogP contribution in [0.2, 0.25) is 0 Å². The topological polar surface area (TPSA) is 20.3 Å². The van der Waals surface area contributed by atoms with Crippen LogP contribution in [0.4, 0.5) is 5.69 Å². The normalized spacial score (nSPS) is 20.6. The van der Waals surface area contributed by atoms with Crippen LogP contribution >= 0.6 is 0 Å². The maximum atomic E-state index is 10.7. The third-order valence-electron chi connectivity index (χ3n) is 3.47. The molecule has 17 heavy (non-hydrogen) atoms. The van der Waals surface area contributed by atoms with E-state index in [4.69, 9.17) is 0 Å². The molecule has 0 fully saturated rings. The lowest BCUT2D eigenvalue weighted by Gasteiger charge is -2.14. The Balaban J connectivity index is 1.87. The SMILES string of the molecule is O=CC1=C/C(=C/N2CCc3ccccc32)CC1. The summed E-state index contributed by atoms with van der Waals surface area (Å²) in [6.45, 7) is 1.05. The van der Waals surface area contributed by atoms with Gasteiger partial charge in [-0.1, -0.05) is 24.3 Å². The molecular weight excluding hydrogens is 210 g/mol. The smallest absolute Gasteiger partial charge is 0.146 e. The predicted molar refractivity (Wildman–Crippen MR) is 69.0 cm³/mol. The van der Waals surface area contributed by atoms with Crippen molar-refractivity contribution in [1.29, 1.82) is 0 Å². The predicted octanol–water partition coefficient (Wildman–Crippen LogP) is 2.85. The summed E-state index contributed by atoms with van der Waals surface area (Å²) < 4.78 is 0. The van der Waals surface area contributed by atoms with E-state index in [9.17, 15) is 4.79 Å². The summed E-state index contributed by atoms with van der Waals surface area (Å²) in [7, 11) is 0. The molecular formula is C15H15NO. The van der Waals surface area contributed by atoms with Gasteiger partial charge in [-0.3, -0.25) is 4.79 Å². The van der Waals surface area contributed by atoms with Crippen LogP contribution in [0.3, 0.4) is 0 Å². The second-order valence-corrected chi connectivity index (χ2v) is 4.61. The minimum Gasteiger partial charge on any atom is -0.347 e. The van der Waals surface area contributed by atoms with Gasteiger partial charge in [0.05, 0.1) is 0 Å². The van der Waals surface area contributed by atoms with Gasteiger partial charge in [-0.15, -0.1) is 0 Å². The molecule has 0 saturated heterocycles. The number of para-hydroxylation sites is 1. The third kappa shape index (κ3) is 1.91. The van der Waals surface area contributed by atoms with E-state index >= 15 is 0 Å². The molecule has 0 saturated carbocycles. The Bertz CT molecular complexity index is 513. The molecule has 2 nitrogen and oxygen atoms in total. The van der Waals surface area contributed by atoms with Crippen molar-refractivity contribution in [3.8, 4) is 0 Å². The van der Waals surface area contributed by atoms with E-state index in [-0.39, 0.29) is 0 Å². The van der Waals surface area contributed by atoms with Gasteiger partial charge in [0, 0.05) is 18.4 Å². The third-order valence-corrected chi connectivity index (χ3v) is 3.47. The van der Waals surface area contributed by atoms with Crippen LogP contribution in [0.5, 0.6) is 0 Å². The number of anilines is 1. The minimum atomic E-state index is 0.894. The summed E-state index contributed by atoms with van der Waals surface area (Å²) in [6, 6.07) is 8.53. The van der Waals surface area contributed by atoms with Crippen LogP contribution < -0.4 is 4.90 Å². The minimum absolute atomic E-state index is 0.894. The Morgan fingerprint density at radius 2 is 2.00 bits per heavy atom. The first-order chi connectivity index (χ1) is 8.36. The van der Waals surface area contributed by atoms with Crippen molar-refractivity contribution in [1.82, 2.24) is 0 Å². The number of rotatable bonds is 2. The number of aldehydes is 1. The Hall–Kier alpha value is -1.83. The van der Waals surface area contributed by atoms with Gasteiger partial charge in [-0.05, 0) is 42.0 Å². The molecule has 0 N–H and O–H groups in total. The van der Waals surface area contributed by atoms with Crippen LogP contribution in [-0.2, 0) is 11.2 Å². The molecule has 2 heteroatoms. The van der Waals surface area contributed by atoms with Crippen molar-refractivity contribution in [2.45, 2.75) is 19.3 Å².